The minimum Gasteiger partial charge on any atom is -0.384 e. The topological polar surface area (TPSA) is 40.1 Å². The molecule has 0 saturated carbocycles. The van der Waals surface area contributed by atoms with E-state index in [1.54, 1.807) is 7.11 Å². The molecule has 2 rings (SSSR count). The number of likely N-dealkylation sites (tertiary alicyclic amines) is 2. The third-order valence-electron chi connectivity index (χ3n) is 4.59. The summed E-state index contributed by atoms with van der Waals surface area (Å²) in [5, 5.41) is 3.30. The molecular weight excluding hydrogens is 448 g/mol. The summed E-state index contributed by atoms with van der Waals surface area (Å²) in [6.45, 7) is 6.21. The van der Waals surface area contributed by atoms with Gasteiger partial charge in [0.1, 0.15) is 0 Å². The molecule has 9 heteroatoms. The fraction of sp³-hybridized carbons (Fsp3) is 0.938. The average molecular weight is 478 g/mol. The van der Waals surface area contributed by atoms with Crippen molar-refractivity contribution in [2.24, 2.45) is 16.8 Å². The maximum Gasteiger partial charge on any atom is 0.401 e. The van der Waals surface area contributed by atoms with Crippen molar-refractivity contribution >= 4 is 29.9 Å². The Morgan fingerprint density at radius 3 is 2.56 bits per heavy atom. The van der Waals surface area contributed by atoms with Crippen molar-refractivity contribution in [3.05, 3.63) is 0 Å². The summed E-state index contributed by atoms with van der Waals surface area (Å²) >= 11 is 0. The Labute approximate surface area is 165 Å². The number of hydrogen-bond donors (Lipinski definition) is 1. The lowest BCUT2D eigenvalue weighted by Gasteiger charge is -2.22. The number of rotatable bonds is 6. The molecule has 2 atom stereocenters. The Morgan fingerprint density at radius 1 is 1.20 bits per heavy atom. The molecule has 0 aromatic carbocycles. The van der Waals surface area contributed by atoms with Crippen molar-refractivity contribution in [3.63, 3.8) is 0 Å². The molecule has 0 amide bonds. The molecule has 0 spiro atoms. The van der Waals surface area contributed by atoms with Crippen LogP contribution in [0.15, 0.2) is 4.99 Å². The molecule has 2 unspecified atom stereocenters. The minimum atomic E-state index is -4.11. The predicted molar refractivity (Wildman–Crippen MR) is 104 cm³/mol. The van der Waals surface area contributed by atoms with Gasteiger partial charge >= 0.3 is 6.18 Å². The molecule has 0 bridgehead atoms. The van der Waals surface area contributed by atoms with Gasteiger partial charge in [0.05, 0.1) is 13.2 Å². The number of aliphatic imine (C=N–C) groups is 1. The highest BCUT2D eigenvalue weighted by molar-refractivity contribution is 14.0. The molecule has 148 valence electrons. The zero-order valence-electron chi connectivity index (χ0n) is 15.0. The van der Waals surface area contributed by atoms with Gasteiger partial charge < -0.3 is 15.0 Å². The fourth-order valence-corrected chi connectivity index (χ4v) is 3.50. The van der Waals surface area contributed by atoms with E-state index in [1.807, 2.05) is 6.92 Å². The number of guanidine groups is 1. The zero-order valence-corrected chi connectivity index (χ0v) is 17.3. The van der Waals surface area contributed by atoms with Crippen molar-refractivity contribution < 1.29 is 17.9 Å². The van der Waals surface area contributed by atoms with E-state index in [4.69, 9.17) is 4.74 Å². The van der Waals surface area contributed by atoms with Crippen LogP contribution in [0.3, 0.4) is 0 Å². The summed E-state index contributed by atoms with van der Waals surface area (Å²) in [7, 11) is 1.72. The average Bonchev–Trinajstić information content (AvgIpc) is 3.12. The molecule has 2 aliphatic heterocycles. The molecule has 1 N–H and O–H groups in total. The number of nitrogens with one attached hydrogen (secondary N) is 1. The summed E-state index contributed by atoms with van der Waals surface area (Å²) < 4.78 is 42.6. The second-order valence-corrected chi connectivity index (χ2v) is 6.76. The predicted octanol–water partition coefficient (Wildman–Crippen LogP) is 2.42. The van der Waals surface area contributed by atoms with Gasteiger partial charge in [-0.2, -0.15) is 13.2 Å². The zero-order chi connectivity index (χ0) is 17.6. The van der Waals surface area contributed by atoms with Crippen LogP contribution in [0.25, 0.3) is 0 Å². The van der Waals surface area contributed by atoms with Gasteiger partial charge in [-0.3, -0.25) is 9.89 Å². The van der Waals surface area contributed by atoms with E-state index in [-0.39, 0.29) is 29.9 Å². The van der Waals surface area contributed by atoms with Crippen LogP contribution in [0, 0.1) is 11.8 Å². The number of halogens is 4. The normalized spacial score (nSPS) is 25.3. The third-order valence-corrected chi connectivity index (χ3v) is 4.59. The molecule has 0 radical (unpaired) electrons. The second-order valence-electron chi connectivity index (χ2n) is 6.76. The molecule has 0 aliphatic carbocycles. The Balaban J connectivity index is 0.00000312. The molecule has 0 aromatic heterocycles. The summed E-state index contributed by atoms with van der Waals surface area (Å²) in [6, 6.07) is 0. The molecule has 2 saturated heterocycles. The first-order valence-corrected chi connectivity index (χ1v) is 8.72. The molecule has 2 aliphatic rings. The maximum absolute atomic E-state index is 12.5. The number of hydrogen-bond acceptors (Lipinski definition) is 3. The minimum absolute atomic E-state index is 0. The van der Waals surface area contributed by atoms with E-state index in [0.29, 0.717) is 25.6 Å². The third kappa shape index (κ3) is 7.86. The van der Waals surface area contributed by atoms with Crippen LogP contribution in [0.5, 0.6) is 0 Å². The summed E-state index contributed by atoms with van der Waals surface area (Å²) in [6.07, 6.45) is -2.24. The highest BCUT2D eigenvalue weighted by Gasteiger charge is 2.34. The number of alkyl halides is 3. The first-order chi connectivity index (χ1) is 11.4. The van der Waals surface area contributed by atoms with Gasteiger partial charge in [-0.25, -0.2) is 0 Å². The molecular formula is C16H30F3IN4O. The molecule has 0 aromatic rings. The number of ether oxygens (including phenoxy) is 1. The van der Waals surface area contributed by atoms with Crippen LogP contribution in [-0.4, -0.2) is 81.5 Å². The van der Waals surface area contributed by atoms with Gasteiger partial charge in [-0.05, 0) is 32.2 Å². The van der Waals surface area contributed by atoms with E-state index in [2.05, 4.69) is 15.2 Å². The standard InChI is InChI=1S/C16H29F3N4O.HI/c1-3-20-15(23-7-5-14(10-23)11-24-2)21-8-13-4-6-22(9-13)12-16(17,18)19;/h13-14H,3-12H2,1-2H3,(H,20,21);1H. The van der Waals surface area contributed by atoms with Gasteiger partial charge in [-0.15, -0.1) is 24.0 Å². The van der Waals surface area contributed by atoms with Crippen molar-refractivity contribution in [2.75, 3.05) is 59.5 Å². The Morgan fingerprint density at radius 2 is 1.92 bits per heavy atom. The second kappa shape index (κ2) is 10.8. The van der Waals surface area contributed by atoms with Crippen LogP contribution < -0.4 is 5.32 Å². The van der Waals surface area contributed by atoms with Crippen LogP contribution in [0.1, 0.15) is 19.8 Å². The van der Waals surface area contributed by atoms with Crippen LogP contribution >= 0.6 is 24.0 Å². The Bertz CT molecular complexity index is 423. The van der Waals surface area contributed by atoms with E-state index < -0.39 is 12.7 Å². The summed E-state index contributed by atoms with van der Waals surface area (Å²) in [5.74, 6) is 1.61. The van der Waals surface area contributed by atoms with Crippen LogP contribution in [-0.2, 0) is 4.74 Å². The number of methoxy groups -OCH3 is 1. The van der Waals surface area contributed by atoms with Crippen molar-refractivity contribution in [3.8, 4) is 0 Å². The SMILES string of the molecule is CCNC(=NCC1CCN(CC(F)(F)F)C1)N1CCC(COC)C1.I. The van der Waals surface area contributed by atoms with E-state index in [0.717, 1.165) is 45.0 Å². The Hall–Kier alpha value is -0.290. The van der Waals surface area contributed by atoms with Crippen molar-refractivity contribution in [1.82, 2.24) is 15.1 Å². The van der Waals surface area contributed by atoms with Gasteiger partial charge in [-0.1, -0.05) is 0 Å². The van der Waals surface area contributed by atoms with Gasteiger partial charge in [0.2, 0.25) is 0 Å². The van der Waals surface area contributed by atoms with Gasteiger partial charge in [0.25, 0.3) is 0 Å². The van der Waals surface area contributed by atoms with Crippen LogP contribution in [0.4, 0.5) is 13.2 Å². The molecule has 25 heavy (non-hydrogen) atoms. The maximum atomic E-state index is 12.5. The highest BCUT2D eigenvalue weighted by atomic mass is 127. The molecule has 5 nitrogen and oxygen atoms in total. The monoisotopic (exact) mass is 478 g/mol. The van der Waals surface area contributed by atoms with Crippen molar-refractivity contribution in [1.29, 1.82) is 0 Å². The van der Waals surface area contributed by atoms with Gasteiger partial charge in [0, 0.05) is 45.8 Å². The molecule has 2 fully saturated rings. The lowest BCUT2D eigenvalue weighted by Crippen LogP contribution is -2.40. The van der Waals surface area contributed by atoms with Gasteiger partial charge in [0.15, 0.2) is 5.96 Å². The number of nitrogens with zero attached hydrogens (tertiary/aromatic N) is 3. The lowest BCUT2D eigenvalue weighted by atomic mass is 10.1. The van der Waals surface area contributed by atoms with E-state index >= 15 is 0 Å². The van der Waals surface area contributed by atoms with Crippen molar-refractivity contribution in [2.45, 2.75) is 25.9 Å². The molecule has 2 heterocycles. The summed E-state index contributed by atoms with van der Waals surface area (Å²) in [5.41, 5.74) is 0. The van der Waals surface area contributed by atoms with E-state index in [1.165, 1.54) is 4.90 Å². The van der Waals surface area contributed by atoms with Crippen LogP contribution in [0.2, 0.25) is 0 Å². The smallest absolute Gasteiger partial charge is 0.384 e. The van der Waals surface area contributed by atoms with E-state index in [9.17, 15) is 13.2 Å². The quantitative estimate of drug-likeness (QED) is 0.362. The largest absolute Gasteiger partial charge is 0.401 e. The first-order valence-electron chi connectivity index (χ1n) is 8.72. The lowest BCUT2D eigenvalue weighted by molar-refractivity contribution is -0.143. The first kappa shape index (κ1) is 22.8. The highest BCUT2D eigenvalue weighted by Crippen LogP contribution is 2.23. The summed E-state index contributed by atoms with van der Waals surface area (Å²) in [4.78, 5) is 8.40. The fourth-order valence-electron chi connectivity index (χ4n) is 3.50. The Kier molecular flexibility index (Phi) is 9.79.